The van der Waals surface area contributed by atoms with Crippen molar-refractivity contribution < 1.29 is 9.53 Å². The van der Waals surface area contributed by atoms with E-state index in [4.69, 9.17) is 4.74 Å². The van der Waals surface area contributed by atoms with Crippen molar-refractivity contribution in [3.8, 4) is 0 Å². The summed E-state index contributed by atoms with van der Waals surface area (Å²) in [5, 5.41) is 0. The fourth-order valence-corrected chi connectivity index (χ4v) is 4.14. The third kappa shape index (κ3) is 0.874. The van der Waals surface area contributed by atoms with E-state index >= 15 is 0 Å². The SMILES string of the molecule is CCC12CCC[C@@]13C=C[C@H](O3)C(C)(C)C2=O. The molecule has 2 nitrogen and oxygen atoms in total. The highest BCUT2D eigenvalue weighted by Gasteiger charge is 2.68. The normalized spacial score (nSPS) is 48.4. The summed E-state index contributed by atoms with van der Waals surface area (Å²) >= 11 is 0. The van der Waals surface area contributed by atoms with E-state index in [1.807, 2.05) is 13.8 Å². The van der Waals surface area contributed by atoms with E-state index in [1.54, 1.807) is 0 Å². The Balaban J connectivity index is 2.19. The molecule has 16 heavy (non-hydrogen) atoms. The number of rotatable bonds is 1. The second-order valence-electron chi connectivity index (χ2n) is 6.13. The summed E-state index contributed by atoms with van der Waals surface area (Å²) in [4.78, 5) is 12.8. The van der Waals surface area contributed by atoms with Gasteiger partial charge in [0.25, 0.3) is 0 Å². The zero-order valence-corrected chi connectivity index (χ0v) is 10.4. The van der Waals surface area contributed by atoms with Crippen LogP contribution >= 0.6 is 0 Å². The number of hydrogen-bond acceptors (Lipinski definition) is 2. The Bertz CT molecular complexity index is 382. The zero-order valence-electron chi connectivity index (χ0n) is 10.4. The maximum atomic E-state index is 12.8. The molecule has 88 valence electrons. The molecule has 1 saturated carbocycles. The zero-order chi connectivity index (χ0) is 11.6. The molecule has 0 aromatic heterocycles. The number of hydrogen-bond donors (Lipinski definition) is 0. The van der Waals surface area contributed by atoms with Gasteiger partial charge in [-0.05, 0) is 25.7 Å². The van der Waals surface area contributed by atoms with Crippen molar-refractivity contribution in [1.82, 2.24) is 0 Å². The van der Waals surface area contributed by atoms with Crippen LogP contribution in [0.5, 0.6) is 0 Å². The van der Waals surface area contributed by atoms with Crippen LogP contribution in [-0.4, -0.2) is 17.5 Å². The highest BCUT2D eigenvalue weighted by molar-refractivity contribution is 5.94. The standard InChI is InChI=1S/C14H20O2/c1-4-13-7-5-8-14(13)9-6-10(16-14)12(2,3)11(13)15/h6,9-10H,4-5,7-8H2,1-3H3/t10-,13?,14+/m0/s1. The van der Waals surface area contributed by atoms with Crippen LogP contribution in [0.2, 0.25) is 0 Å². The van der Waals surface area contributed by atoms with Crippen molar-refractivity contribution in [2.75, 3.05) is 0 Å². The van der Waals surface area contributed by atoms with E-state index in [2.05, 4.69) is 19.1 Å². The van der Waals surface area contributed by atoms with Gasteiger partial charge in [-0.3, -0.25) is 4.79 Å². The summed E-state index contributed by atoms with van der Waals surface area (Å²) in [7, 11) is 0. The first-order valence-electron chi connectivity index (χ1n) is 6.41. The van der Waals surface area contributed by atoms with Gasteiger partial charge in [0, 0.05) is 0 Å². The lowest BCUT2D eigenvalue weighted by Gasteiger charge is -2.51. The Morgan fingerprint density at radius 3 is 2.88 bits per heavy atom. The molecule has 3 rings (SSSR count). The van der Waals surface area contributed by atoms with E-state index in [-0.39, 0.29) is 22.5 Å². The molecule has 1 aliphatic carbocycles. The lowest BCUT2D eigenvalue weighted by Crippen LogP contribution is -2.60. The number of ketones is 1. The third-order valence-corrected chi connectivity index (χ3v) is 5.17. The van der Waals surface area contributed by atoms with Gasteiger partial charge >= 0.3 is 0 Å². The highest BCUT2D eigenvalue weighted by Crippen LogP contribution is 2.62. The van der Waals surface area contributed by atoms with Gasteiger partial charge in [-0.1, -0.05) is 32.9 Å². The predicted octanol–water partition coefficient (Wildman–Crippen LogP) is 2.87. The van der Waals surface area contributed by atoms with Crippen LogP contribution in [0.25, 0.3) is 0 Å². The minimum atomic E-state index is -0.350. The number of carbonyl (C=O) groups excluding carboxylic acids is 1. The number of ether oxygens (including phenoxy) is 1. The van der Waals surface area contributed by atoms with Gasteiger partial charge in [0.15, 0.2) is 5.78 Å². The average Bonchev–Trinajstić information content (AvgIpc) is 2.82. The predicted molar refractivity (Wildman–Crippen MR) is 62.1 cm³/mol. The number of carbonyl (C=O) groups is 1. The molecule has 2 fully saturated rings. The molecule has 1 saturated heterocycles. The summed E-state index contributed by atoms with van der Waals surface area (Å²) in [6.45, 7) is 6.21. The van der Waals surface area contributed by atoms with Gasteiger partial charge in [-0.2, -0.15) is 0 Å². The van der Waals surface area contributed by atoms with Crippen LogP contribution in [0.15, 0.2) is 12.2 Å². The topological polar surface area (TPSA) is 26.3 Å². The third-order valence-electron chi connectivity index (χ3n) is 5.17. The molecule has 2 bridgehead atoms. The van der Waals surface area contributed by atoms with Crippen LogP contribution in [0.1, 0.15) is 46.5 Å². The molecule has 0 N–H and O–H groups in total. The van der Waals surface area contributed by atoms with Crippen molar-refractivity contribution in [3.63, 3.8) is 0 Å². The van der Waals surface area contributed by atoms with Crippen LogP contribution in [-0.2, 0) is 9.53 Å². The first kappa shape index (κ1) is 10.5. The minimum Gasteiger partial charge on any atom is -0.362 e. The van der Waals surface area contributed by atoms with Crippen molar-refractivity contribution in [2.24, 2.45) is 10.8 Å². The average molecular weight is 220 g/mol. The Hall–Kier alpha value is -0.630. The Kier molecular flexibility index (Phi) is 1.83. The number of fused-ring (bicyclic) bond motifs is 1. The van der Waals surface area contributed by atoms with E-state index in [9.17, 15) is 4.79 Å². The molecule has 1 unspecified atom stereocenters. The van der Waals surface area contributed by atoms with Gasteiger partial charge in [-0.15, -0.1) is 0 Å². The lowest BCUT2D eigenvalue weighted by molar-refractivity contribution is -0.191. The van der Waals surface area contributed by atoms with Crippen LogP contribution < -0.4 is 0 Å². The Morgan fingerprint density at radius 2 is 2.19 bits per heavy atom. The summed E-state index contributed by atoms with van der Waals surface area (Å²) in [5.41, 5.74) is -0.837. The number of Topliss-reactive ketones (excluding diaryl/α,β-unsaturated/α-hetero) is 1. The molecule has 1 spiro atoms. The summed E-state index contributed by atoms with van der Waals surface area (Å²) in [5.74, 6) is 0.432. The summed E-state index contributed by atoms with van der Waals surface area (Å²) in [6, 6.07) is 0. The smallest absolute Gasteiger partial charge is 0.150 e. The minimum absolute atomic E-state index is 0.00206. The van der Waals surface area contributed by atoms with E-state index in [0.29, 0.717) is 5.78 Å². The molecule has 0 amide bonds. The second kappa shape index (κ2) is 2.79. The molecule has 2 heteroatoms. The van der Waals surface area contributed by atoms with Crippen molar-refractivity contribution in [3.05, 3.63) is 12.2 Å². The summed E-state index contributed by atoms with van der Waals surface area (Å²) < 4.78 is 6.26. The molecule has 0 aromatic carbocycles. The molecule has 3 atom stereocenters. The van der Waals surface area contributed by atoms with Crippen LogP contribution in [0.3, 0.4) is 0 Å². The maximum absolute atomic E-state index is 12.8. The fourth-order valence-electron chi connectivity index (χ4n) is 4.14. The van der Waals surface area contributed by atoms with Crippen molar-refractivity contribution in [1.29, 1.82) is 0 Å². The Morgan fingerprint density at radius 1 is 1.44 bits per heavy atom. The van der Waals surface area contributed by atoms with E-state index in [0.717, 1.165) is 25.7 Å². The molecule has 3 aliphatic rings. The maximum Gasteiger partial charge on any atom is 0.150 e. The van der Waals surface area contributed by atoms with E-state index < -0.39 is 0 Å². The summed E-state index contributed by atoms with van der Waals surface area (Å²) in [6.07, 6.45) is 8.37. The van der Waals surface area contributed by atoms with Gasteiger partial charge in [0.2, 0.25) is 0 Å². The van der Waals surface area contributed by atoms with Crippen molar-refractivity contribution in [2.45, 2.75) is 58.2 Å². The highest BCUT2D eigenvalue weighted by atomic mass is 16.5. The van der Waals surface area contributed by atoms with Crippen molar-refractivity contribution >= 4 is 5.78 Å². The molecule has 0 aromatic rings. The molecule has 2 heterocycles. The van der Waals surface area contributed by atoms with Gasteiger partial charge < -0.3 is 4.74 Å². The largest absolute Gasteiger partial charge is 0.362 e. The Labute approximate surface area is 97.1 Å². The monoisotopic (exact) mass is 220 g/mol. The van der Waals surface area contributed by atoms with Crippen LogP contribution in [0, 0.1) is 10.8 Å². The molecular weight excluding hydrogens is 200 g/mol. The van der Waals surface area contributed by atoms with Gasteiger partial charge in [0.1, 0.15) is 0 Å². The van der Waals surface area contributed by atoms with Crippen LogP contribution in [0.4, 0.5) is 0 Å². The van der Waals surface area contributed by atoms with Gasteiger partial charge in [0.05, 0.1) is 22.5 Å². The van der Waals surface area contributed by atoms with Gasteiger partial charge in [-0.25, -0.2) is 0 Å². The van der Waals surface area contributed by atoms with E-state index in [1.165, 1.54) is 0 Å². The first-order valence-corrected chi connectivity index (χ1v) is 6.41. The molecular formula is C14H20O2. The quantitative estimate of drug-likeness (QED) is 0.635. The first-order chi connectivity index (χ1) is 7.48. The fraction of sp³-hybridized carbons (Fsp3) is 0.786. The second-order valence-corrected chi connectivity index (χ2v) is 6.13. The molecule has 2 aliphatic heterocycles. The lowest BCUT2D eigenvalue weighted by atomic mass is 9.61. The molecule has 0 radical (unpaired) electrons.